The molecule has 2 unspecified atom stereocenters. The van der Waals surface area contributed by atoms with Gasteiger partial charge in [-0.05, 0) is 24.8 Å². The Morgan fingerprint density at radius 1 is 1.00 bits per heavy atom. The first kappa shape index (κ1) is 11.2. The summed E-state index contributed by atoms with van der Waals surface area (Å²) in [6.45, 7) is 0.863. The second kappa shape index (κ2) is 4.79. The first-order valence-electron chi connectivity index (χ1n) is 6.75. The molecule has 2 heterocycles. The fourth-order valence-electron chi connectivity index (χ4n) is 2.92. The molecule has 2 heteroatoms. The molecule has 2 fully saturated rings. The van der Waals surface area contributed by atoms with Crippen molar-refractivity contribution in [3.05, 3.63) is 35.9 Å². The van der Waals surface area contributed by atoms with E-state index in [4.69, 9.17) is 9.47 Å². The second-order valence-electron chi connectivity index (χ2n) is 5.13. The van der Waals surface area contributed by atoms with Gasteiger partial charge in [-0.25, -0.2) is 0 Å². The Balaban J connectivity index is 1.72. The maximum Gasteiger partial charge on any atom is 0.169 e. The summed E-state index contributed by atoms with van der Waals surface area (Å²) >= 11 is 0. The van der Waals surface area contributed by atoms with E-state index in [1.54, 1.807) is 0 Å². The molecule has 0 bridgehead atoms. The minimum Gasteiger partial charge on any atom is -0.350 e. The van der Waals surface area contributed by atoms with Crippen LogP contribution in [-0.2, 0) is 9.47 Å². The number of hydrogen-bond donors (Lipinski definition) is 0. The fourth-order valence-corrected chi connectivity index (χ4v) is 2.92. The molecule has 0 N–H and O–H groups in total. The van der Waals surface area contributed by atoms with E-state index >= 15 is 0 Å². The van der Waals surface area contributed by atoms with Crippen LogP contribution in [-0.4, -0.2) is 12.4 Å². The summed E-state index contributed by atoms with van der Waals surface area (Å²) < 4.78 is 12.2. The SMILES string of the molecule is c1ccc(C2CCC3(CCCCCO3)O2)cc1. The van der Waals surface area contributed by atoms with Crippen molar-refractivity contribution in [3.8, 4) is 0 Å². The van der Waals surface area contributed by atoms with Gasteiger partial charge in [-0.1, -0.05) is 36.8 Å². The van der Waals surface area contributed by atoms with Crippen molar-refractivity contribution in [1.82, 2.24) is 0 Å². The Morgan fingerprint density at radius 2 is 1.88 bits per heavy atom. The van der Waals surface area contributed by atoms with E-state index in [2.05, 4.69) is 30.3 Å². The molecule has 2 saturated heterocycles. The molecular formula is C15H20O2. The highest BCUT2D eigenvalue weighted by Crippen LogP contribution is 2.43. The normalized spacial score (nSPS) is 33.8. The van der Waals surface area contributed by atoms with Crippen molar-refractivity contribution in [2.45, 2.75) is 50.4 Å². The van der Waals surface area contributed by atoms with E-state index in [-0.39, 0.29) is 11.9 Å². The van der Waals surface area contributed by atoms with Gasteiger partial charge in [0.1, 0.15) is 0 Å². The Bertz CT molecular complexity index is 352. The lowest BCUT2D eigenvalue weighted by molar-refractivity contribution is -0.227. The van der Waals surface area contributed by atoms with Crippen molar-refractivity contribution in [3.63, 3.8) is 0 Å². The predicted molar refractivity (Wildman–Crippen MR) is 66.7 cm³/mol. The van der Waals surface area contributed by atoms with Gasteiger partial charge in [-0.3, -0.25) is 0 Å². The standard InChI is InChI=1S/C15H20O2/c1-3-7-13(8-4-1)14-9-11-15(17-14)10-5-2-6-12-16-15/h1,3-4,7-8,14H,2,5-6,9-12H2. The largest absolute Gasteiger partial charge is 0.350 e. The Hall–Kier alpha value is -0.860. The van der Waals surface area contributed by atoms with Crippen LogP contribution in [0.2, 0.25) is 0 Å². The Labute approximate surface area is 103 Å². The van der Waals surface area contributed by atoms with Crippen LogP contribution < -0.4 is 0 Å². The predicted octanol–water partition coefficient (Wildman–Crippen LogP) is 3.83. The molecule has 92 valence electrons. The lowest BCUT2D eigenvalue weighted by Gasteiger charge is -2.28. The maximum absolute atomic E-state index is 6.23. The van der Waals surface area contributed by atoms with Gasteiger partial charge in [0.15, 0.2) is 5.79 Å². The topological polar surface area (TPSA) is 18.5 Å². The van der Waals surface area contributed by atoms with E-state index in [1.165, 1.54) is 24.8 Å². The van der Waals surface area contributed by atoms with Crippen LogP contribution in [0, 0.1) is 0 Å². The van der Waals surface area contributed by atoms with Crippen LogP contribution in [0.15, 0.2) is 30.3 Å². The van der Waals surface area contributed by atoms with Gasteiger partial charge >= 0.3 is 0 Å². The molecule has 0 aliphatic carbocycles. The lowest BCUT2D eigenvalue weighted by Crippen LogP contribution is -2.30. The molecule has 2 aliphatic rings. The summed E-state index contributed by atoms with van der Waals surface area (Å²) in [4.78, 5) is 0. The maximum atomic E-state index is 6.23. The third kappa shape index (κ3) is 2.38. The number of rotatable bonds is 1. The molecule has 2 nitrogen and oxygen atoms in total. The smallest absolute Gasteiger partial charge is 0.169 e. The van der Waals surface area contributed by atoms with E-state index in [9.17, 15) is 0 Å². The zero-order chi connectivity index (χ0) is 11.6. The molecule has 0 aromatic heterocycles. The molecule has 0 saturated carbocycles. The van der Waals surface area contributed by atoms with Gasteiger partial charge in [0, 0.05) is 12.8 Å². The van der Waals surface area contributed by atoms with Gasteiger partial charge in [-0.15, -0.1) is 0 Å². The zero-order valence-corrected chi connectivity index (χ0v) is 10.2. The summed E-state index contributed by atoms with van der Waals surface area (Å²) in [6.07, 6.45) is 7.13. The average Bonchev–Trinajstić information content (AvgIpc) is 2.65. The van der Waals surface area contributed by atoms with Gasteiger partial charge in [0.05, 0.1) is 12.7 Å². The zero-order valence-electron chi connectivity index (χ0n) is 10.2. The van der Waals surface area contributed by atoms with Crippen LogP contribution in [0.3, 0.4) is 0 Å². The van der Waals surface area contributed by atoms with Gasteiger partial charge < -0.3 is 9.47 Å². The van der Waals surface area contributed by atoms with Crippen LogP contribution in [0.5, 0.6) is 0 Å². The van der Waals surface area contributed by atoms with Crippen molar-refractivity contribution >= 4 is 0 Å². The minimum atomic E-state index is -0.267. The molecule has 0 amide bonds. The molecule has 17 heavy (non-hydrogen) atoms. The molecule has 2 atom stereocenters. The molecular weight excluding hydrogens is 212 g/mol. The average molecular weight is 232 g/mol. The van der Waals surface area contributed by atoms with Crippen LogP contribution >= 0.6 is 0 Å². The third-order valence-electron chi connectivity index (χ3n) is 3.88. The summed E-state index contributed by atoms with van der Waals surface area (Å²) in [5.74, 6) is -0.267. The Kier molecular flexibility index (Phi) is 3.17. The Morgan fingerprint density at radius 3 is 2.76 bits per heavy atom. The van der Waals surface area contributed by atoms with Crippen LogP contribution in [0.4, 0.5) is 0 Å². The number of benzene rings is 1. The van der Waals surface area contributed by atoms with E-state index in [0.717, 1.165) is 25.9 Å². The monoisotopic (exact) mass is 232 g/mol. The number of hydrogen-bond acceptors (Lipinski definition) is 2. The molecule has 3 rings (SSSR count). The van der Waals surface area contributed by atoms with E-state index in [0.29, 0.717) is 0 Å². The third-order valence-corrected chi connectivity index (χ3v) is 3.88. The first-order chi connectivity index (χ1) is 8.38. The minimum absolute atomic E-state index is 0.231. The summed E-state index contributed by atoms with van der Waals surface area (Å²) in [7, 11) is 0. The molecule has 0 radical (unpaired) electrons. The summed E-state index contributed by atoms with van der Waals surface area (Å²) in [5.41, 5.74) is 1.29. The lowest BCUT2D eigenvalue weighted by atomic mass is 10.0. The van der Waals surface area contributed by atoms with Crippen LogP contribution in [0.1, 0.15) is 50.2 Å². The van der Waals surface area contributed by atoms with Crippen molar-refractivity contribution in [2.24, 2.45) is 0 Å². The molecule has 1 aromatic rings. The number of ether oxygens (including phenoxy) is 2. The van der Waals surface area contributed by atoms with Crippen molar-refractivity contribution < 1.29 is 9.47 Å². The van der Waals surface area contributed by atoms with Crippen molar-refractivity contribution in [2.75, 3.05) is 6.61 Å². The van der Waals surface area contributed by atoms with Gasteiger partial charge in [-0.2, -0.15) is 0 Å². The molecule has 2 aliphatic heterocycles. The van der Waals surface area contributed by atoms with E-state index in [1.807, 2.05) is 0 Å². The quantitative estimate of drug-likeness (QED) is 0.732. The van der Waals surface area contributed by atoms with E-state index < -0.39 is 0 Å². The molecule has 1 aromatic carbocycles. The van der Waals surface area contributed by atoms with Crippen molar-refractivity contribution in [1.29, 1.82) is 0 Å². The summed E-state index contributed by atoms with van der Waals surface area (Å²) in [5, 5.41) is 0. The van der Waals surface area contributed by atoms with Crippen LogP contribution in [0.25, 0.3) is 0 Å². The second-order valence-corrected chi connectivity index (χ2v) is 5.13. The highest BCUT2D eigenvalue weighted by atomic mass is 16.7. The van der Waals surface area contributed by atoms with Gasteiger partial charge in [0.2, 0.25) is 0 Å². The highest BCUT2D eigenvalue weighted by Gasteiger charge is 2.41. The highest BCUT2D eigenvalue weighted by molar-refractivity contribution is 5.18. The first-order valence-corrected chi connectivity index (χ1v) is 6.75. The van der Waals surface area contributed by atoms with Gasteiger partial charge in [0.25, 0.3) is 0 Å². The molecule has 1 spiro atoms. The fraction of sp³-hybridized carbons (Fsp3) is 0.600. The summed E-state index contributed by atoms with van der Waals surface area (Å²) in [6, 6.07) is 10.5.